The van der Waals surface area contributed by atoms with Crippen molar-refractivity contribution in [3.8, 4) is 22.8 Å². The number of halogens is 6. The number of hydrogen-bond donors (Lipinski definition) is 1. The van der Waals surface area contributed by atoms with E-state index in [1.807, 2.05) is 0 Å². The number of fused-ring (bicyclic) bond motifs is 1. The van der Waals surface area contributed by atoms with Crippen LogP contribution in [0.4, 0.5) is 26.3 Å². The van der Waals surface area contributed by atoms with Crippen LogP contribution in [-0.4, -0.2) is 39.9 Å². The molecule has 4 aromatic rings. The maximum Gasteiger partial charge on any atom is 0.573 e. The molecule has 2 heterocycles. The van der Waals surface area contributed by atoms with Crippen LogP contribution in [0.15, 0.2) is 54.7 Å². The number of aromatic amines is 1. The summed E-state index contributed by atoms with van der Waals surface area (Å²) in [5.41, 5.74) is 1.90. The predicted molar refractivity (Wildman–Crippen MR) is 123 cm³/mol. The largest absolute Gasteiger partial charge is 0.573 e. The molecule has 4 rings (SSSR count). The number of nitrogens with zero attached hydrogens (tertiary/aromatic N) is 2. The third-order valence-electron chi connectivity index (χ3n) is 5.34. The lowest BCUT2D eigenvalue weighted by Gasteiger charge is -2.11. The summed E-state index contributed by atoms with van der Waals surface area (Å²) < 4.78 is 91.9. The van der Waals surface area contributed by atoms with Crippen LogP contribution in [0, 0.1) is 0 Å². The minimum Gasteiger partial charge on any atom is -0.487 e. The van der Waals surface area contributed by atoms with E-state index in [1.165, 1.54) is 18.2 Å². The minimum absolute atomic E-state index is 0.0801. The van der Waals surface area contributed by atoms with E-state index in [2.05, 4.69) is 14.8 Å². The number of rotatable bonds is 9. The smallest absolute Gasteiger partial charge is 0.487 e. The monoisotopic (exact) mass is 541 g/mol. The Hall–Kier alpha value is -4.16. The predicted octanol–water partition coefficient (Wildman–Crippen LogP) is 6.18. The number of alkyl halides is 6. The van der Waals surface area contributed by atoms with Gasteiger partial charge < -0.3 is 19.2 Å². The molecule has 0 spiro atoms. The summed E-state index contributed by atoms with van der Waals surface area (Å²) in [5, 5.41) is 4.75. The van der Waals surface area contributed by atoms with Gasteiger partial charge in [-0.25, -0.2) is 0 Å². The molecule has 0 atom stereocenters. The van der Waals surface area contributed by atoms with E-state index in [0.29, 0.717) is 16.8 Å². The van der Waals surface area contributed by atoms with Crippen LogP contribution in [0.5, 0.6) is 11.5 Å². The molecule has 0 aliphatic heterocycles. The molecule has 0 saturated heterocycles. The lowest BCUT2D eigenvalue weighted by atomic mass is 10.1. The van der Waals surface area contributed by atoms with Crippen molar-refractivity contribution >= 4 is 16.9 Å². The summed E-state index contributed by atoms with van der Waals surface area (Å²) in [6, 6.07) is 11.0. The van der Waals surface area contributed by atoms with Crippen LogP contribution < -0.4 is 9.47 Å². The van der Waals surface area contributed by atoms with Gasteiger partial charge >= 0.3 is 18.5 Å². The SMILES string of the molecule is CCOC(=O)Cc1c[nH]c2cc(OCc3cc(-c4ccc(OC(F)(F)F)cc4)nn3CC(F)(F)F)ccc12. The number of aromatic nitrogens is 3. The summed E-state index contributed by atoms with van der Waals surface area (Å²) in [4.78, 5) is 14.8. The third-order valence-corrected chi connectivity index (χ3v) is 5.34. The first-order chi connectivity index (χ1) is 17.9. The molecule has 0 fully saturated rings. The molecular formula is C25H21F6N3O4. The summed E-state index contributed by atoms with van der Waals surface area (Å²) in [5.74, 6) is -0.480. The fourth-order valence-electron chi connectivity index (χ4n) is 3.77. The number of carbonyl (C=O) groups is 1. The number of hydrogen-bond acceptors (Lipinski definition) is 5. The second-order valence-electron chi connectivity index (χ2n) is 8.16. The van der Waals surface area contributed by atoms with Crippen molar-refractivity contribution in [1.82, 2.24) is 14.8 Å². The van der Waals surface area contributed by atoms with Crippen molar-refractivity contribution in [3.63, 3.8) is 0 Å². The fourth-order valence-corrected chi connectivity index (χ4v) is 3.77. The van der Waals surface area contributed by atoms with Gasteiger partial charge in [0.15, 0.2) is 0 Å². The fraction of sp³-hybridized carbons (Fsp3) is 0.280. The first-order valence-electron chi connectivity index (χ1n) is 11.3. The van der Waals surface area contributed by atoms with Crippen molar-refractivity contribution < 1.29 is 45.3 Å². The number of carbonyl (C=O) groups excluding carboxylic acids is 1. The van der Waals surface area contributed by atoms with Crippen molar-refractivity contribution in [3.05, 3.63) is 66.0 Å². The van der Waals surface area contributed by atoms with E-state index in [-0.39, 0.29) is 37.0 Å². The molecule has 0 aliphatic rings. The van der Waals surface area contributed by atoms with Gasteiger partial charge in [-0.2, -0.15) is 18.3 Å². The van der Waals surface area contributed by atoms with Gasteiger partial charge in [-0.3, -0.25) is 9.48 Å². The number of esters is 1. The average Bonchev–Trinajstić information content (AvgIpc) is 3.39. The van der Waals surface area contributed by atoms with E-state index in [9.17, 15) is 31.1 Å². The Balaban J connectivity index is 1.52. The van der Waals surface area contributed by atoms with Crippen LogP contribution in [0.3, 0.4) is 0 Å². The van der Waals surface area contributed by atoms with Gasteiger partial charge in [0.25, 0.3) is 0 Å². The molecule has 0 saturated carbocycles. The Morgan fingerprint density at radius 1 is 1.00 bits per heavy atom. The highest BCUT2D eigenvalue weighted by Crippen LogP contribution is 2.29. The number of nitrogens with one attached hydrogen (secondary N) is 1. The summed E-state index contributed by atoms with van der Waals surface area (Å²) in [6.07, 6.45) is -7.69. The molecule has 0 amide bonds. The molecule has 38 heavy (non-hydrogen) atoms. The van der Waals surface area contributed by atoms with Gasteiger partial charge in [-0.1, -0.05) is 0 Å². The molecule has 0 unspecified atom stereocenters. The number of ether oxygens (including phenoxy) is 3. The zero-order chi connectivity index (χ0) is 27.5. The topological polar surface area (TPSA) is 78.4 Å². The molecular weight excluding hydrogens is 520 g/mol. The lowest BCUT2D eigenvalue weighted by Crippen LogP contribution is -2.21. The quantitative estimate of drug-likeness (QED) is 0.202. The van der Waals surface area contributed by atoms with Gasteiger partial charge in [0.05, 0.1) is 24.4 Å². The van der Waals surface area contributed by atoms with E-state index in [0.717, 1.165) is 27.8 Å². The molecule has 13 heteroatoms. The van der Waals surface area contributed by atoms with Gasteiger partial charge in [-0.05, 0) is 55.0 Å². The van der Waals surface area contributed by atoms with Gasteiger partial charge in [0.2, 0.25) is 0 Å². The van der Waals surface area contributed by atoms with E-state index in [4.69, 9.17) is 9.47 Å². The van der Waals surface area contributed by atoms with Crippen LogP contribution in [0.2, 0.25) is 0 Å². The Bertz CT molecular complexity index is 1410. The number of H-pyrrole nitrogens is 1. The van der Waals surface area contributed by atoms with Gasteiger partial charge in [-0.15, -0.1) is 13.2 Å². The third kappa shape index (κ3) is 6.99. The molecule has 7 nitrogen and oxygen atoms in total. The molecule has 1 N–H and O–H groups in total. The normalized spacial score (nSPS) is 12.1. The van der Waals surface area contributed by atoms with Crippen molar-refractivity contribution in [2.24, 2.45) is 0 Å². The van der Waals surface area contributed by atoms with Crippen molar-refractivity contribution in [2.75, 3.05) is 6.61 Å². The van der Waals surface area contributed by atoms with Crippen LogP contribution in [0.25, 0.3) is 22.2 Å². The maximum absolute atomic E-state index is 13.2. The first-order valence-corrected chi connectivity index (χ1v) is 11.3. The van der Waals surface area contributed by atoms with E-state index < -0.39 is 24.8 Å². The van der Waals surface area contributed by atoms with Crippen molar-refractivity contribution in [1.29, 1.82) is 0 Å². The highest BCUT2D eigenvalue weighted by Gasteiger charge is 2.31. The molecule has 202 valence electrons. The lowest BCUT2D eigenvalue weighted by molar-refractivity contribution is -0.274. The summed E-state index contributed by atoms with van der Waals surface area (Å²) >= 11 is 0. The second kappa shape index (κ2) is 10.7. The standard InChI is InChI=1S/C25H21F6N3O4/c1-2-36-23(35)9-16-12-32-22-11-19(7-8-20(16)22)37-13-17-10-21(33-34(17)14-24(26,27)28)15-3-5-18(6-4-15)38-25(29,30)31/h3-8,10-12,32H,2,9,13-14H2,1H3. The molecule has 0 aliphatic carbocycles. The summed E-state index contributed by atoms with van der Waals surface area (Å²) in [6.45, 7) is 0.335. The highest BCUT2D eigenvalue weighted by atomic mass is 19.4. The van der Waals surface area contributed by atoms with Gasteiger partial charge in [0.1, 0.15) is 24.7 Å². The van der Waals surface area contributed by atoms with Gasteiger partial charge in [0, 0.05) is 28.7 Å². The molecule has 0 bridgehead atoms. The van der Waals surface area contributed by atoms with Crippen LogP contribution in [-0.2, 0) is 29.1 Å². The average molecular weight is 541 g/mol. The zero-order valence-electron chi connectivity index (χ0n) is 19.8. The zero-order valence-corrected chi connectivity index (χ0v) is 19.8. The van der Waals surface area contributed by atoms with Crippen LogP contribution >= 0.6 is 0 Å². The maximum atomic E-state index is 13.2. The van der Waals surface area contributed by atoms with Crippen LogP contribution in [0.1, 0.15) is 18.2 Å². The second-order valence-corrected chi connectivity index (χ2v) is 8.16. The summed E-state index contributed by atoms with van der Waals surface area (Å²) in [7, 11) is 0. The molecule has 2 aromatic heterocycles. The Morgan fingerprint density at radius 2 is 1.71 bits per heavy atom. The van der Waals surface area contributed by atoms with E-state index >= 15 is 0 Å². The Labute approximate surface area is 211 Å². The molecule has 2 aromatic carbocycles. The minimum atomic E-state index is -4.87. The Kier molecular flexibility index (Phi) is 7.56. The first kappa shape index (κ1) is 26.9. The number of benzene rings is 2. The van der Waals surface area contributed by atoms with Crippen molar-refractivity contribution in [2.45, 2.75) is 39.0 Å². The highest BCUT2D eigenvalue weighted by molar-refractivity contribution is 5.88. The molecule has 0 radical (unpaired) electrons. The van der Waals surface area contributed by atoms with E-state index in [1.54, 1.807) is 31.3 Å². The Morgan fingerprint density at radius 3 is 2.37 bits per heavy atom.